The highest BCUT2D eigenvalue weighted by Gasteiger charge is 2.20. The van der Waals surface area contributed by atoms with Crippen molar-refractivity contribution in [2.45, 2.75) is 39.0 Å². The molecule has 0 spiro atoms. The summed E-state index contributed by atoms with van der Waals surface area (Å²) in [6, 6.07) is 8.22. The van der Waals surface area contributed by atoms with Crippen LogP contribution in [0.1, 0.15) is 36.9 Å². The maximum absolute atomic E-state index is 12.5. The molecular formula is C18H24N2O. The van der Waals surface area contributed by atoms with E-state index in [0.29, 0.717) is 12.3 Å². The summed E-state index contributed by atoms with van der Waals surface area (Å²) in [5.74, 6) is 0.942. The van der Waals surface area contributed by atoms with E-state index in [4.69, 9.17) is 0 Å². The Morgan fingerprint density at radius 2 is 2.00 bits per heavy atom. The first-order chi connectivity index (χ1) is 10.1. The number of likely N-dealkylation sites (N-methyl/N-ethyl adjacent to an activating group) is 1. The highest BCUT2D eigenvalue weighted by molar-refractivity contribution is 5.90. The molecule has 1 saturated carbocycles. The summed E-state index contributed by atoms with van der Waals surface area (Å²) in [5, 5.41) is 1.18. The molecule has 1 aromatic carbocycles. The number of aryl methyl sites for hydroxylation is 1. The minimum atomic E-state index is 0.231. The van der Waals surface area contributed by atoms with E-state index in [9.17, 15) is 4.79 Å². The molecule has 1 fully saturated rings. The average molecular weight is 284 g/mol. The van der Waals surface area contributed by atoms with Gasteiger partial charge in [0.1, 0.15) is 0 Å². The first kappa shape index (κ1) is 14.2. The number of hydrogen-bond donors (Lipinski definition) is 1. The van der Waals surface area contributed by atoms with E-state index in [2.05, 4.69) is 24.0 Å². The number of aromatic amines is 1. The van der Waals surface area contributed by atoms with E-state index in [1.807, 2.05) is 24.1 Å². The number of para-hydroxylation sites is 1. The van der Waals surface area contributed by atoms with Crippen LogP contribution in [0.4, 0.5) is 0 Å². The fraction of sp³-hybridized carbons (Fsp3) is 0.500. The van der Waals surface area contributed by atoms with Crippen LogP contribution in [0, 0.1) is 12.8 Å². The molecule has 0 atom stereocenters. The molecule has 3 heteroatoms. The van der Waals surface area contributed by atoms with Gasteiger partial charge in [-0.05, 0) is 37.3 Å². The third-order valence-corrected chi connectivity index (χ3v) is 4.79. The third-order valence-electron chi connectivity index (χ3n) is 4.79. The molecule has 112 valence electrons. The molecule has 0 aliphatic heterocycles. The maximum atomic E-state index is 12.5. The number of benzene rings is 1. The second kappa shape index (κ2) is 5.92. The van der Waals surface area contributed by atoms with Gasteiger partial charge in [0.2, 0.25) is 5.91 Å². The highest BCUT2D eigenvalue weighted by Crippen LogP contribution is 2.26. The fourth-order valence-corrected chi connectivity index (χ4v) is 3.53. The van der Waals surface area contributed by atoms with Crippen molar-refractivity contribution in [3.63, 3.8) is 0 Å². The van der Waals surface area contributed by atoms with E-state index in [-0.39, 0.29) is 5.91 Å². The van der Waals surface area contributed by atoms with Crippen LogP contribution in [0.3, 0.4) is 0 Å². The summed E-state index contributed by atoms with van der Waals surface area (Å²) in [5.41, 5.74) is 3.38. The van der Waals surface area contributed by atoms with Gasteiger partial charge in [-0.15, -0.1) is 0 Å². The van der Waals surface area contributed by atoms with Crippen LogP contribution >= 0.6 is 0 Å². The number of carbonyl (C=O) groups excluding carboxylic acids is 1. The minimum Gasteiger partial charge on any atom is -0.358 e. The normalized spacial score (nSPS) is 15.7. The maximum Gasteiger partial charge on any atom is 0.226 e. The molecule has 1 aliphatic carbocycles. The first-order valence-corrected chi connectivity index (χ1v) is 7.95. The van der Waals surface area contributed by atoms with Crippen molar-refractivity contribution in [2.75, 3.05) is 13.6 Å². The molecule has 21 heavy (non-hydrogen) atoms. The van der Waals surface area contributed by atoms with E-state index < -0.39 is 0 Å². The molecule has 0 radical (unpaired) electrons. The second-order valence-electron chi connectivity index (χ2n) is 6.38. The second-order valence-corrected chi connectivity index (χ2v) is 6.38. The van der Waals surface area contributed by atoms with Crippen LogP contribution in [-0.4, -0.2) is 29.4 Å². The zero-order chi connectivity index (χ0) is 14.8. The van der Waals surface area contributed by atoms with Crippen LogP contribution in [0.5, 0.6) is 0 Å². The number of rotatable bonds is 4. The van der Waals surface area contributed by atoms with E-state index in [1.54, 1.807) is 0 Å². The van der Waals surface area contributed by atoms with Gasteiger partial charge in [0.15, 0.2) is 0 Å². The van der Waals surface area contributed by atoms with Gasteiger partial charge in [0, 0.05) is 30.2 Å². The summed E-state index contributed by atoms with van der Waals surface area (Å²) in [4.78, 5) is 17.8. The molecule has 3 nitrogen and oxygen atoms in total. The summed E-state index contributed by atoms with van der Waals surface area (Å²) in [7, 11) is 1.95. The molecule has 1 aliphatic rings. The largest absolute Gasteiger partial charge is 0.358 e. The Labute approximate surface area is 126 Å². The summed E-state index contributed by atoms with van der Waals surface area (Å²) < 4.78 is 0. The fourth-order valence-electron chi connectivity index (χ4n) is 3.53. The van der Waals surface area contributed by atoms with Gasteiger partial charge in [0.05, 0.1) is 6.42 Å². The highest BCUT2D eigenvalue weighted by atomic mass is 16.2. The smallest absolute Gasteiger partial charge is 0.226 e. The Morgan fingerprint density at radius 1 is 1.29 bits per heavy atom. The van der Waals surface area contributed by atoms with Crippen molar-refractivity contribution in [2.24, 2.45) is 5.92 Å². The summed E-state index contributed by atoms with van der Waals surface area (Å²) >= 11 is 0. The van der Waals surface area contributed by atoms with Gasteiger partial charge in [-0.25, -0.2) is 0 Å². The first-order valence-electron chi connectivity index (χ1n) is 7.95. The van der Waals surface area contributed by atoms with Crippen LogP contribution in [-0.2, 0) is 11.2 Å². The molecular weight excluding hydrogens is 260 g/mol. The van der Waals surface area contributed by atoms with Crippen molar-refractivity contribution in [3.05, 3.63) is 35.5 Å². The molecule has 1 amide bonds. The molecule has 3 rings (SSSR count). The number of fused-ring (bicyclic) bond motifs is 1. The summed E-state index contributed by atoms with van der Waals surface area (Å²) in [6.07, 6.45) is 5.72. The SMILES string of the molecule is Cc1[nH]c2ccccc2c1CC(=O)N(C)CC1CCCC1. The molecule has 0 saturated heterocycles. The van der Waals surface area contributed by atoms with E-state index >= 15 is 0 Å². The number of aromatic nitrogens is 1. The Morgan fingerprint density at radius 3 is 2.76 bits per heavy atom. The standard InChI is InChI=1S/C18H24N2O/c1-13-16(15-9-5-6-10-17(15)19-13)11-18(21)20(2)12-14-7-3-4-8-14/h5-6,9-10,14,19H,3-4,7-8,11-12H2,1-2H3. The van der Waals surface area contributed by atoms with Crippen molar-refractivity contribution in [1.82, 2.24) is 9.88 Å². The Kier molecular flexibility index (Phi) is 4.00. The van der Waals surface area contributed by atoms with Crippen molar-refractivity contribution in [1.29, 1.82) is 0 Å². The topological polar surface area (TPSA) is 36.1 Å². The number of H-pyrrole nitrogens is 1. The molecule has 1 heterocycles. The van der Waals surface area contributed by atoms with Crippen LogP contribution < -0.4 is 0 Å². The number of carbonyl (C=O) groups is 1. The van der Waals surface area contributed by atoms with Crippen molar-refractivity contribution in [3.8, 4) is 0 Å². The summed E-state index contributed by atoms with van der Waals surface area (Å²) in [6.45, 7) is 2.97. The zero-order valence-corrected chi connectivity index (χ0v) is 13.0. The van der Waals surface area contributed by atoms with Gasteiger partial charge < -0.3 is 9.88 Å². The number of nitrogens with one attached hydrogen (secondary N) is 1. The lowest BCUT2D eigenvalue weighted by molar-refractivity contribution is -0.129. The van der Waals surface area contributed by atoms with Crippen LogP contribution in [0.25, 0.3) is 10.9 Å². The number of nitrogens with zero attached hydrogens (tertiary/aromatic N) is 1. The molecule has 0 unspecified atom stereocenters. The lowest BCUT2D eigenvalue weighted by Crippen LogP contribution is -2.32. The quantitative estimate of drug-likeness (QED) is 0.913. The predicted molar refractivity (Wildman–Crippen MR) is 86.3 cm³/mol. The molecule has 0 bridgehead atoms. The van der Waals surface area contributed by atoms with Crippen LogP contribution in [0.15, 0.2) is 24.3 Å². The van der Waals surface area contributed by atoms with Gasteiger partial charge >= 0.3 is 0 Å². The lowest BCUT2D eigenvalue weighted by atomic mass is 10.1. The van der Waals surface area contributed by atoms with Crippen molar-refractivity contribution >= 4 is 16.8 Å². The lowest BCUT2D eigenvalue weighted by Gasteiger charge is -2.21. The number of hydrogen-bond acceptors (Lipinski definition) is 1. The zero-order valence-electron chi connectivity index (χ0n) is 13.0. The van der Waals surface area contributed by atoms with E-state index in [0.717, 1.165) is 23.3 Å². The van der Waals surface area contributed by atoms with Crippen molar-refractivity contribution < 1.29 is 4.79 Å². The van der Waals surface area contributed by atoms with Gasteiger partial charge in [-0.2, -0.15) is 0 Å². The number of amides is 1. The van der Waals surface area contributed by atoms with Gasteiger partial charge in [-0.1, -0.05) is 31.0 Å². The molecule has 1 aromatic heterocycles. The predicted octanol–water partition coefficient (Wildman–Crippen LogP) is 3.67. The molecule has 2 aromatic rings. The monoisotopic (exact) mass is 284 g/mol. The Bertz CT molecular complexity index is 638. The molecule has 1 N–H and O–H groups in total. The third kappa shape index (κ3) is 2.97. The van der Waals surface area contributed by atoms with Gasteiger partial charge in [0.25, 0.3) is 0 Å². The minimum absolute atomic E-state index is 0.231. The van der Waals surface area contributed by atoms with Gasteiger partial charge in [-0.3, -0.25) is 4.79 Å². The van der Waals surface area contributed by atoms with E-state index in [1.165, 1.54) is 31.1 Å². The Hall–Kier alpha value is -1.77. The Balaban J connectivity index is 1.72. The average Bonchev–Trinajstić information content (AvgIpc) is 3.07. The van der Waals surface area contributed by atoms with Crippen LogP contribution in [0.2, 0.25) is 0 Å².